The summed E-state index contributed by atoms with van der Waals surface area (Å²) in [6.45, 7) is 0.334. The van der Waals surface area contributed by atoms with Gasteiger partial charge in [0, 0.05) is 25.3 Å². The molecule has 0 saturated heterocycles. The Kier molecular flexibility index (Phi) is 7.39. The Labute approximate surface area is 73.6 Å². The number of hydrogen-bond acceptors (Lipinski definition) is 4. The maximum Gasteiger partial charge on any atom is 0.0431 e. The predicted octanol–water partition coefficient (Wildman–Crippen LogP) is -0.814. The van der Waals surface area contributed by atoms with Crippen LogP contribution < -0.4 is 11.5 Å². The van der Waals surface area contributed by atoms with E-state index in [4.69, 9.17) is 21.7 Å². The minimum absolute atomic E-state index is 0.0521. The first-order valence-electron chi connectivity index (χ1n) is 4.45. The second kappa shape index (κ2) is 7.49. The zero-order valence-corrected chi connectivity index (χ0v) is 7.45. The number of nitrogens with two attached hydrogens (primary N) is 2. The molecule has 6 N–H and O–H groups in total. The molecule has 4 heteroatoms. The van der Waals surface area contributed by atoms with Crippen LogP contribution in [0.4, 0.5) is 0 Å². The highest BCUT2D eigenvalue weighted by Gasteiger charge is 2.11. The molecule has 0 spiro atoms. The van der Waals surface area contributed by atoms with Crippen molar-refractivity contribution in [2.45, 2.75) is 37.8 Å². The molecule has 0 saturated carbocycles. The maximum absolute atomic E-state index is 8.54. The normalized spacial score (nSPS) is 16.0. The molecular formula is C8H20N2O2. The molecule has 4 nitrogen and oxygen atoms in total. The van der Waals surface area contributed by atoms with Crippen LogP contribution in [0.15, 0.2) is 0 Å². The van der Waals surface area contributed by atoms with E-state index in [2.05, 4.69) is 0 Å². The van der Waals surface area contributed by atoms with Gasteiger partial charge in [0.25, 0.3) is 0 Å². The molecule has 0 aromatic rings. The largest absolute Gasteiger partial charge is 0.396 e. The topological polar surface area (TPSA) is 92.5 Å². The van der Waals surface area contributed by atoms with Crippen molar-refractivity contribution in [1.29, 1.82) is 0 Å². The van der Waals surface area contributed by atoms with E-state index in [1.165, 1.54) is 0 Å². The summed E-state index contributed by atoms with van der Waals surface area (Å²) in [5.74, 6) is 0. The van der Waals surface area contributed by atoms with Crippen LogP contribution in [0.1, 0.15) is 25.7 Å². The summed E-state index contributed by atoms with van der Waals surface area (Å²) in [5.41, 5.74) is 11.5. The number of hydrogen-bond donors (Lipinski definition) is 4. The third-order valence-corrected chi connectivity index (χ3v) is 1.94. The Hall–Kier alpha value is -0.160. The Bertz CT molecular complexity index is 89.1. The van der Waals surface area contributed by atoms with E-state index in [1.54, 1.807) is 0 Å². The van der Waals surface area contributed by atoms with Crippen molar-refractivity contribution in [1.82, 2.24) is 0 Å². The summed E-state index contributed by atoms with van der Waals surface area (Å²) in [6, 6.07) is -0.104. The van der Waals surface area contributed by atoms with Gasteiger partial charge in [-0.05, 0) is 25.7 Å². The second-order valence-corrected chi connectivity index (χ2v) is 3.06. The van der Waals surface area contributed by atoms with Gasteiger partial charge in [0.05, 0.1) is 0 Å². The van der Waals surface area contributed by atoms with E-state index < -0.39 is 0 Å². The summed E-state index contributed by atoms with van der Waals surface area (Å²) in [5, 5.41) is 17.1. The Morgan fingerprint density at radius 3 is 1.42 bits per heavy atom. The molecule has 0 heterocycles. The predicted molar refractivity (Wildman–Crippen MR) is 48.6 cm³/mol. The zero-order valence-electron chi connectivity index (χ0n) is 7.45. The minimum Gasteiger partial charge on any atom is -0.396 e. The van der Waals surface area contributed by atoms with Gasteiger partial charge < -0.3 is 21.7 Å². The summed E-state index contributed by atoms with van der Waals surface area (Å²) >= 11 is 0. The van der Waals surface area contributed by atoms with Gasteiger partial charge >= 0.3 is 0 Å². The highest BCUT2D eigenvalue weighted by Crippen LogP contribution is 2.03. The van der Waals surface area contributed by atoms with E-state index in [1.807, 2.05) is 0 Å². The molecule has 0 aliphatic rings. The van der Waals surface area contributed by atoms with E-state index >= 15 is 0 Å². The van der Waals surface area contributed by atoms with Crippen LogP contribution in [0.25, 0.3) is 0 Å². The zero-order chi connectivity index (χ0) is 9.40. The Morgan fingerprint density at radius 2 is 1.17 bits per heavy atom. The van der Waals surface area contributed by atoms with Gasteiger partial charge in [-0.1, -0.05) is 0 Å². The van der Waals surface area contributed by atoms with E-state index in [-0.39, 0.29) is 25.3 Å². The van der Waals surface area contributed by atoms with Crippen LogP contribution in [-0.4, -0.2) is 35.5 Å². The highest BCUT2D eigenvalue weighted by atomic mass is 16.3. The lowest BCUT2D eigenvalue weighted by atomic mass is 10.0. The van der Waals surface area contributed by atoms with Crippen molar-refractivity contribution in [3.63, 3.8) is 0 Å². The quantitative estimate of drug-likeness (QED) is 0.408. The van der Waals surface area contributed by atoms with Gasteiger partial charge in [0.1, 0.15) is 0 Å². The average molecular weight is 176 g/mol. The standard InChI is InChI=1S/C8H20N2O2/c9-7(3-1-5-11)8(10)4-2-6-12/h7-8,11-12H,1-6,9-10H2. The Morgan fingerprint density at radius 1 is 0.833 bits per heavy atom. The maximum atomic E-state index is 8.54. The van der Waals surface area contributed by atoms with Gasteiger partial charge in [-0.3, -0.25) is 0 Å². The molecule has 0 fully saturated rings. The van der Waals surface area contributed by atoms with Crippen molar-refractivity contribution in [3.05, 3.63) is 0 Å². The summed E-state index contributed by atoms with van der Waals surface area (Å²) in [6.07, 6.45) is 2.91. The van der Waals surface area contributed by atoms with Gasteiger partial charge in [0.2, 0.25) is 0 Å². The monoisotopic (exact) mass is 176 g/mol. The van der Waals surface area contributed by atoms with Gasteiger partial charge in [-0.15, -0.1) is 0 Å². The summed E-state index contributed by atoms with van der Waals surface area (Å²) < 4.78 is 0. The van der Waals surface area contributed by atoms with Crippen LogP contribution >= 0.6 is 0 Å². The second-order valence-electron chi connectivity index (χ2n) is 3.06. The van der Waals surface area contributed by atoms with Crippen LogP contribution in [0.3, 0.4) is 0 Å². The first-order valence-corrected chi connectivity index (χ1v) is 4.45. The molecule has 2 unspecified atom stereocenters. The van der Waals surface area contributed by atoms with Crippen molar-refractivity contribution >= 4 is 0 Å². The molecule has 0 aliphatic heterocycles. The van der Waals surface area contributed by atoms with Gasteiger partial charge in [-0.2, -0.15) is 0 Å². The van der Waals surface area contributed by atoms with Crippen LogP contribution in [0, 0.1) is 0 Å². The molecule has 0 bridgehead atoms. The summed E-state index contributed by atoms with van der Waals surface area (Å²) in [7, 11) is 0. The van der Waals surface area contributed by atoms with Crippen molar-refractivity contribution in [2.24, 2.45) is 11.5 Å². The lowest BCUT2D eigenvalue weighted by molar-refractivity contribution is 0.263. The fourth-order valence-electron chi connectivity index (χ4n) is 1.08. The average Bonchev–Trinajstić information content (AvgIpc) is 2.10. The molecule has 0 aliphatic carbocycles. The lowest BCUT2D eigenvalue weighted by Gasteiger charge is -2.18. The molecule has 0 aromatic heterocycles. The molecule has 0 rings (SSSR count). The molecule has 74 valence electrons. The third-order valence-electron chi connectivity index (χ3n) is 1.94. The Balaban J connectivity index is 3.39. The number of aliphatic hydroxyl groups is 2. The minimum atomic E-state index is -0.0521. The van der Waals surface area contributed by atoms with Crippen molar-refractivity contribution in [3.8, 4) is 0 Å². The van der Waals surface area contributed by atoms with E-state index in [0.717, 1.165) is 12.8 Å². The molecular weight excluding hydrogens is 156 g/mol. The summed E-state index contributed by atoms with van der Waals surface area (Å²) in [4.78, 5) is 0. The van der Waals surface area contributed by atoms with Crippen LogP contribution in [-0.2, 0) is 0 Å². The fraction of sp³-hybridized carbons (Fsp3) is 1.00. The lowest BCUT2D eigenvalue weighted by Crippen LogP contribution is -2.41. The third kappa shape index (κ3) is 5.49. The van der Waals surface area contributed by atoms with E-state index in [9.17, 15) is 0 Å². The van der Waals surface area contributed by atoms with E-state index in [0.29, 0.717) is 12.8 Å². The molecule has 0 radical (unpaired) electrons. The van der Waals surface area contributed by atoms with Crippen LogP contribution in [0.2, 0.25) is 0 Å². The molecule has 0 amide bonds. The smallest absolute Gasteiger partial charge is 0.0431 e. The van der Waals surface area contributed by atoms with Crippen molar-refractivity contribution < 1.29 is 10.2 Å². The SMILES string of the molecule is NC(CCCO)C(N)CCCO. The van der Waals surface area contributed by atoms with Gasteiger partial charge in [0.15, 0.2) is 0 Å². The van der Waals surface area contributed by atoms with Crippen LogP contribution in [0.5, 0.6) is 0 Å². The highest BCUT2D eigenvalue weighted by molar-refractivity contribution is 4.75. The first-order chi connectivity index (χ1) is 5.72. The fourth-order valence-corrected chi connectivity index (χ4v) is 1.08. The number of rotatable bonds is 7. The molecule has 2 atom stereocenters. The molecule has 12 heavy (non-hydrogen) atoms. The van der Waals surface area contributed by atoms with Crippen molar-refractivity contribution in [2.75, 3.05) is 13.2 Å². The van der Waals surface area contributed by atoms with Gasteiger partial charge in [-0.25, -0.2) is 0 Å². The number of aliphatic hydroxyl groups excluding tert-OH is 2. The molecule has 0 aromatic carbocycles. The first kappa shape index (κ1) is 11.8.